The Labute approximate surface area is 89.9 Å². The van der Waals surface area contributed by atoms with E-state index in [2.05, 4.69) is 6.92 Å². The predicted octanol–water partition coefficient (Wildman–Crippen LogP) is 2.54. The molecule has 1 aliphatic heterocycles. The quantitative estimate of drug-likeness (QED) is 0.828. The second-order valence-corrected chi connectivity index (χ2v) is 3.80. The van der Waals surface area contributed by atoms with Gasteiger partial charge >= 0.3 is 0 Å². The molecular formula is C12H17NO2. The highest BCUT2D eigenvalue weighted by Gasteiger charge is 2.18. The second-order valence-electron chi connectivity index (χ2n) is 3.80. The summed E-state index contributed by atoms with van der Waals surface area (Å²) in [6, 6.07) is 1.89. The minimum Gasteiger partial charge on any atom is -0.501 e. The van der Waals surface area contributed by atoms with E-state index in [0.717, 1.165) is 42.8 Å². The van der Waals surface area contributed by atoms with Crippen molar-refractivity contribution in [2.24, 2.45) is 5.73 Å². The molecule has 0 saturated heterocycles. The molecule has 1 aliphatic rings. The maximum Gasteiger partial charge on any atom is 0.108 e. The lowest BCUT2D eigenvalue weighted by Crippen LogP contribution is -2.16. The number of hydrogen-bond acceptors (Lipinski definition) is 3. The molecule has 0 radical (unpaired) electrons. The standard InChI is InChI=1S/C12H17NO2/c1-2-11-10(5-7-15-11)12(13)9-4-3-6-14-8-9/h5,7-8,12H,2-4,6,13H2,1H3. The molecule has 0 aromatic carbocycles. The van der Waals surface area contributed by atoms with Crippen molar-refractivity contribution in [3.05, 3.63) is 35.5 Å². The van der Waals surface area contributed by atoms with Gasteiger partial charge in [-0.1, -0.05) is 6.92 Å². The third-order valence-electron chi connectivity index (χ3n) is 2.80. The van der Waals surface area contributed by atoms with Crippen molar-refractivity contribution in [2.75, 3.05) is 6.61 Å². The van der Waals surface area contributed by atoms with Crippen molar-refractivity contribution < 1.29 is 9.15 Å². The maximum atomic E-state index is 6.18. The Morgan fingerprint density at radius 2 is 2.40 bits per heavy atom. The number of aryl methyl sites for hydroxylation is 1. The first-order chi connectivity index (χ1) is 7.33. The van der Waals surface area contributed by atoms with E-state index in [1.165, 1.54) is 0 Å². The van der Waals surface area contributed by atoms with Gasteiger partial charge in [0.1, 0.15) is 5.76 Å². The van der Waals surface area contributed by atoms with E-state index in [1.54, 1.807) is 12.5 Å². The molecular weight excluding hydrogens is 190 g/mol. The van der Waals surface area contributed by atoms with Crippen LogP contribution < -0.4 is 5.73 Å². The molecule has 0 saturated carbocycles. The zero-order chi connectivity index (χ0) is 10.7. The summed E-state index contributed by atoms with van der Waals surface area (Å²) in [5.41, 5.74) is 8.44. The van der Waals surface area contributed by atoms with Crippen molar-refractivity contribution >= 4 is 0 Å². The summed E-state index contributed by atoms with van der Waals surface area (Å²) < 4.78 is 10.7. The van der Waals surface area contributed by atoms with Gasteiger partial charge in [0.05, 0.1) is 25.2 Å². The topological polar surface area (TPSA) is 48.4 Å². The van der Waals surface area contributed by atoms with Gasteiger partial charge in [0.15, 0.2) is 0 Å². The van der Waals surface area contributed by atoms with Crippen LogP contribution in [0.1, 0.15) is 37.1 Å². The minimum absolute atomic E-state index is 0.0704. The van der Waals surface area contributed by atoms with E-state index in [9.17, 15) is 0 Å². The normalized spacial score (nSPS) is 18.1. The summed E-state index contributed by atoms with van der Waals surface area (Å²) in [6.45, 7) is 2.88. The Morgan fingerprint density at radius 1 is 1.53 bits per heavy atom. The molecule has 2 rings (SSSR count). The molecule has 3 nitrogen and oxygen atoms in total. The van der Waals surface area contributed by atoms with Gasteiger partial charge in [-0.25, -0.2) is 0 Å². The van der Waals surface area contributed by atoms with Crippen molar-refractivity contribution in [2.45, 2.75) is 32.2 Å². The number of ether oxygens (including phenoxy) is 1. The van der Waals surface area contributed by atoms with Gasteiger partial charge in [0.25, 0.3) is 0 Å². The Kier molecular flexibility index (Phi) is 3.11. The summed E-state index contributed by atoms with van der Waals surface area (Å²) in [5, 5.41) is 0. The van der Waals surface area contributed by atoms with E-state index >= 15 is 0 Å². The van der Waals surface area contributed by atoms with Crippen LogP contribution in [0.2, 0.25) is 0 Å². The van der Waals surface area contributed by atoms with Gasteiger partial charge < -0.3 is 14.9 Å². The van der Waals surface area contributed by atoms with E-state index < -0.39 is 0 Å². The first-order valence-corrected chi connectivity index (χ1v) is 5.45. The Hall–Kier alpha value is -1.22. The van der Waals surface area contributed by atoms with E-state index in [0.29, 0.717) is 0 Å². The largest absolute Gasteiger partial charge is 0.501 e. The molecule has 2 heterocycles. The molecule has 0 spiro atoms. The summed E-state index contributed by atoms with van der Waals surface area (Å²) in [7, 11) is 0. The molecule has 1 aromatic heterocycles. The average Bonchev–Trinajstić information content (AvgIpc) is 2.77. The Balaban J connectivity index is 2.19. The highest BCUT2D eigenvalue weighted by Crippen LogP contribution is 2.28. The number of nitrogens with two attached hydrogens (primary N) is 1. The van der Waals surface area contributed by atoms with Gasteiger partial charge in [-0.15, -0.1) is 0 Å². The van der Waals surface area contributed by atoms with Crippen molar-refractivity contribution in [3.8, 4) is 0 Å². The summed E-state index contributed by atoms with van der Waals surface area (Å²) in [6.07, 6.45) is 6.47. The molecule has 3 heteroatoms. The molecule has 82 valence electrons. The molecule has 1 unspecified atom stereocenters. The molecule has 0 bridgehead atoms. The fourth-order valence-electron chi connectivity index (χ4n) is 1.93. The van der Waals surface area contributed by atoms with Crippen LogP contribution in [0.3, 0.4) is 0 Å². The maximum absolute atomic E-state index is 6.18. The van der Waals surface area contributed by atoms with Gasteiger partial charge in [-0.3, -0.25) is 0 Å². The van der Waals surface area contributed by atoms with Gasteiger partial charge in [-0.05, 0) is 24.5 Å². The van der Waals surface area contributed by atoms with Crippen LogP contribution in [-0.2, 0) is 11.2 Å². The predicted molar refractivity (Wildman–Crippen MR) is 58.3 cm³/mol. The van der Waals surface area contributed by atoms with Crippen LogP contribution in [0.15, 0.2) is 28.6 Å². The van der Waals surface area contributed by atoms with Crippen LogP contribution in [0.5, 0.6) is 0 Å². The van der Waals surface area contributed by atoms with Crippen molar-refractivity contribution in [3.63, 3.8) is 0 Å². The summed E-state index contributed by atoms with van der Waals surface area (Å²) in [4.78, 5) is 0. The smallest absolute Gasteiger partial charge is 0.108 e. The van der Waals surface area contributed by atoms with Crippen LogP contribution in [0.4, 0.5) is 0 Å². The molecule has 1 atom stereocenters. The fourth-order valence-corrected chi connectivity index (χ4v) is 1.93. The number of rotatable bonds is 3. The lowest BCUT2D eigenvalue weighted by atomic mass is 9.96. The molecule has 0 amide bonds. The van der Waals surface area contributed by atoms with Gasteiger partial charge in [0.2, 0.25) is 0 Å². The van der Waals surface area contributed by atoms with Gasteiger partial charge in [-0.2, -0.15) is 0 Å². The van der Waals surface area contributed by atoms with Crippen LogP contribution >= 0.6 is 0 Å². The minimum atomic E-state index is -0.0704. The fraction of sp³-hybridized carbons (Fsp3) is 0.500. The second kappa shape index (κ2) is 4.53. The Morgan fingerprint density at radius 3 is 3.07 bits per heavy atom. The van der Waals surface area contributed by atoms with Gasteiger partial charge in [0, 0.05) is 12.0 Å². The number of hydrogen-bond donors (Lipinski definition) is 1. The lowest BCUT2D eigenvalue weighted by molar-refractivity contribution is 0.221. The highest BCUT2D eigenvalue weighted by atomic mass is 16.5. The SMILES string of the molecule is CCc1occc1C(N)C1=COCCC1. The van der Waals surface area contributed by atoms with Crippen molar-refractivity contribution in [1.29, 1.82) is 0 Å². The first kappa shape index (κ1) is 10.3. The molecule has 1 aromatic rings. The van der Waals surface area contributed by atoms with Crippen LogP contribution in [0.25, 0.3) is 0 Å². The third-order valence-corrected chi connectivity index (χ3v) is 2.80. The summed E-state index contributed by atoms with van der Waals surface area (Å²) >= 11 is 0. The van der Waals surface area contributed by atoms with E-state index in [4.69, 9.17) is 14.9 Å². The third kappa shape index (κ3) is 2.07. The first-order valence-electron chi connectivity index (χ1n) is 5.45. The summed E-state index contributed by atoms with van der Waals surface area (Å²) in [5.74, 6) is 0.981. The highest BCUT2D eigenvalue weighted by molar-refractivity contribution is 5.29. The molecule has 0 aliphatic carbocycles. The zero-order valence-corrected chi connectivity index (χ0v) is 9.03. The van der Waals surface area contributed by atoms with Crippen LogP contribution in [0, 0.1) is 0 Å². The van der Waals surface area contributed by atoms with E-state index in [1.807, 2.05) is 6.07 Å². The molecule has 0 fully saturated rings. The number of furan rings is 1. The average molecular weight is 207 g/mol. The molecule has 2 N–H and O–H groups in total. The lowest BCUT2D eigenvalue weighted by Gasteiger charge is -2.19. The van der Waals surface area contributed by atoms with E-state index in [-0.39, 0.29) is 6.04 Å². The Bertz CT molecular complexity index is 354. The van der Waals surface area contributed by atoms with Crippen LogP contribution in [-0.4, -0.2) is 6.61 Å². The monoisotopic (exact) mass is 207 g/mol. The van der Waals surface area contributed by atoms with Crippen molar-refractivity contribution in [1.82, 2.24) is 0 Å². The molecule has 15 heavy (non-hydrogen) atoms. The zero-order valence-electron chi connectivity index (χ0n) is 9.03.